The van der Waals surface area contributed by atoms with Crippen molar-refractivity contribution in [3.63, 3.8) is 0 Å². The second-order valence-corrected chi connectivity index (χ2v) is 5.90. The van der Waals surface area contributed by atoms with Gasteiger partial charge < -0.3 is 15.0 Å². The molecular weight excluding hydrogens is 216 g/mol. The Morgan fingerprint density at radius 3 is 2.88 bits per heavy atom. The molecule has 0 radical (unpaired) electrons. The first kappa shape index (κ1) is 11.5. The first-order valence-corrected chi connectivity index (χ1v) is 6.83. The Morgan fingerprint density at radius 1 is 1.41 bits per heavy atom. The molecule has 0 aromatic carbocycles. The van der Waals surface area contributed by atoms with Crippen molar-refractivity contribution in [2.75, 3.05) is 26.2 Å². The minimum atomic E-state index is -0.135. The summed E-state index contributed by atoms with van der Waals surface area (Å²) in [6, 6.07) is 0.516. The van der Waals surface area contributed by atoms with Gasteiger partial charge in [-0.3, -0.25) is 4.79 Å². The normalized spacial score (nSPS) is 39.5. The molecule has 0 spiro atoms. The van der Waals surface area contributed by atoms with Crippen LogP contribution < -0.4 is 5.32 Å². The van der Waals surface area contributed by atoms with E-state index in [-0.39, 0.29) is 18.1 Å². The molecule has 3 fully saturated rings. The van der Waals surface area contributed by atoms with E-state index in [1.54, 1.807) is 0 Å². The molecule has 0 bridgehead atoms. The van der Waals surface area contributed by atoms with Gasteiger partial charge in [-0.2, -0.15) is 0 Å². The average molecular weight is 238 g/mol. The number of nitrogens with one attached hydrogen (secondary N) is 1. The maximum absolute atomic E-state index is 11.8. The molecule has 0 aromatic rings. The summed E-state index contributed by atoms with van der Waals surface area (Å²) in [4.78, 5) is 13.9. The van der Waals surface area contributed by atoms with Crippen molar-refractivity contribution in [1.82, 2.24) is 10.2 Å². The van der Waals surface area contributed by atoms with E-state index in [9.17, 15) is 4.79 Å². The lowest BCUT2D eigenvalue weighted by Gasteiger charge is -2.46. The van der Waals surface area contributed by atoms with Gasteiger partial charge >= 0.3 is 0 Å². The largest absolute Gasteiger partial charge is 0.363 e. The van der Waals surface area contributed by atoms with Crippen molar-refractivity contribution >= 4 is 5.91 Å². The zero-order valence-corrected chi connectivity index (χ0v) is 10.6. The van der Waals surface area contributed by atoms with Crippen molar-refractivity contribution in [3.05, 3.63) is 0 Å². The van der Waals surface area contributed by atoms with Gasteiger partial charge in [-0.15, -0.1) is 0 Å². The van der Waals surface area contributed by atoms with Gasteiger partial charge in [0, 0.05) is 18.5 Å². The molecule has 2 heterocycles. The van der Waals surface area contributed by atoms with Crippen LogP contribution in [0.2, 0.25) is 0 Å². The molecule has 4 nitrogen and oxygen atoms in total. The Labute approximate surface area is 103 Å². The highest BCUT2D eigenvalue weighted by atomic mass is 16.5. The van der Waals surface area contributed by atoms with Gasteiger partial charge in [0.1, 0.15) is 6.61 Å². The van der Waals surface area contributed by atoms with Crippen LogP contribution in [0.5, 0.6) is 0 Å². The molecule has 1 saturated carbocycles. The summed E-state index contributed by atoms with van der Waals surface area (Å²) in [7, 11) is 0. The number of carbonyl (C=O) groups excluding carboxylic acids is 1. The molecular formula is C13H22N2O2. The number of nitrogens with zero attached hydrogens (tertiary/aromatic N) is 1. The number of morpholine rings is 1. The van der Waals surface area contributed by atoms with Gasteiger partial charge in [-0.1, -0.05) is 0 Å². The van der Waals surface area contributed by atoms with Crippen molar-refractivity contribution in [3.8, 4) is 0 Å². The molecule has 3 rings (SSSR count). The van der Waals surface area contributed by atoms with Crippen LogP contribution in [0.15, 0.2) is 0 Å². The average Bonchev–Trinajstić information content (AvgIpc) is 3.18. The summed E-state index contributed by atoms with van der Waals surface area (Å²) in [5, 5.41) is 3.44. The number of ether oxygens (including phenoxy) is 1. The Bertz CT molecular complexity index is 311. The second kappa shape index (κ2) is 4.25. The third-order valence-electron chi connectivity index (χ3n) is 4.48. The van der Waals surface area contributed by atoms with Crippen LogP contribution in [0.4, 0.5) is 0 Å². The maximum atomic E-state index is 11.8. The second-order valence-electron chi connectivity index (χ2n) is 5.90. The predicted molar refractivity (Wildman–Crippen MR) is 64.7 cm³/mol. The topological polar surface area (TPSA) is 41.6 Å². The first-order chi connectivity index (χ1) is 8.19. The van der Waals surface area contributed by atoms with Gasteiger partial charge in [-0.25, -0.2) is 0 Å². The van der Waals surface area contributed by atoms with Gasteiger partial charge in [0.05, 0.1) is 12.1 Å². The number of carbonyl (C=O) groups is 1. The monoisotopic (exact) mass is 238 g/mol. The number of piperidine rings is 1. The molecule has 17 heavy (non-hydrogen) atoms. The zero-order chi connectivity index (χ0) is 11.9. The number of rotatable bonds is 2. The first-order valence-electron chi connectivity index (χ1n) is 6.83. The molecule has 3 aliphatic rings. The van der Waals surface area contributed by atoms with Crippen LogP contribution >= 0.6 is 0 Å². The summed E-state index contributed by atoms with van der Waals surface area (Å²) >= 11 is 0. The number of amides is 1. The van der Waals surface area contributed by atoms with Gasteiger partial charge in [0.25, 0.3) is 0 Å². The SMILES string of the molecule is CC1(C2CCCNC2)CN(C2CC2)C(=O)CO1. The standard InChI is InChI=1S/C13H22N2O2/c1-13(10-3-2-6-14-7-10)9-15(11-4-5-11)12(16)8-17-13/h10-11,14H,2-9H2,1H3. The molecule has 2 aliphatic heterocycles. The molecule has 2 atom stereocenters. The highest BCUT2D eigenvalue weighted by Crippen LogP contribution is 2.36. The van der Waals surface area contributed by atoms with E-state index in [2.05, 4.69) is 17.1 Å². The van der Waals surface area contributed by atoms with E-state index in [0.29, 0.717) is 12.0 Å². The zero-order valence-electron chi connectivity index (χ0n) is 10.6. The van der Waals surface area contributed by atoms with Gasteiger partial charge in [0.2, 0.25) is 5.91 Å². The van der Waals surface area contributed by atoms with Crippen LogP contribution in [0, 0.1) is 5.92 Å². The van der Waals surface area contributed by atoms with Gasteiger partial charge in [-0.05, 0) is 39.2 Å². The Hall–Kier alpha value is -0.610. The van der Waals surface area contributed by atoms with E-state index in [1.807, 2.05) is 0 Å². The summed E-state index contributed by atoms with van der Waals surface area (Å²) in [6.07, 6.45) is 4.81. The maximum Gasteiger partial charge on any atom is 0.248 e. The summed E-state index contributed by atoms with van der Waals surface area (Å²) in [5.74, 6) is 0.736. The Balaban J connectivity index is 1.70. The van der Waals surface area contributed by atoms with Crippen LogP contribution in [-0.2, 0) is 9.53 Å². The molecule has 1 aliphatic carbocycles. The predicted octanol–water partition coefficient (Wildman–Crippen LogP) is 0.766. The molecule has 1 amide bonds. The number of hydrogen-bond acceptors (Lipinski definition) is 3. The fourth-order valence-corrected chi connectivity index (χ4v) is 3.12. The minimum Gasteiger partial charge on any atom is -0.363 e. The lowest BCUT2D eigenvalue weighted by molar-refractivity contribution is -0.172. The molecule has 2 saturated heterocycles. The smallest absolute Gasteiger partial charge is 0.248 e. The third-order valence-corrected chi connectivity index (χ3v) is 4.48. The Kier molecular flexibility index (Phi) is 2.87. The highest BCUT2D eigenvalue weighted by Gasteiger charge is 2.46. The molecule has 4 heteroatoms. The molecule has 0 aromatic heterocycles. The van der Waals surface area contributed by atoms with E-state index in [1.165, 1.54) is 25.7 Å². The van der Waals surface area contributed by atoms with Gasteiger partial charge in [0.15, 0.2) is 0 Å². The van der Waals surface area contributed by atoms with E-state index in [4.69, 9.17) is 4.74 Å². The fourth-order valence-electron chi connectivity index (χ4n) is 3.12. The van der Waals surface area contributed by atoms with E-state index < -0.39 is 0 Å². The quantitative estimate of drug-likeness (QED) is 0.772. The summed E-state index contributed by atoms with van der Waals surface area (Å²) in [6.45, 7) is 5.42. The Morgan fingerprint density at radius 2 is 2.24 bits per heavy atom. The van der Waals surface area contributed by atoms with Crippen molar-refractivity contribution in [1.29, 1.82) is 0 Å². The fraction of sp³-hybridized carbons (Fsp3) is 0.923. The highest BCUT2D eigenvalue weighted by molar-refractivity contribution is 5.79. The van der Waals surface area contributed by atoms with E-state index >= 15 is 0 Å². The van der Waals surface area contributed by atoms with Crippen molar-refractivity contribution in [2.45, 2.75) is 44.2 Å². The van der Waals surface area contributed by atoms with Crippen LogP contribution in [0.25, 0.3) is 0 Å². The molecule has 1 N–H and O–H groups in total. The van der Waals surface area contributed by atoms with E-state index in [0.717, 1.165) is 19.6 Å². The van der Waals surface area contributed by atoms with Crippen LogP contribution in [0.1, 0.15) is 32.6 Å². The van der Waals surface area contributed by atoms with Crippen molar-refractivity contribution < 1.29 is 9.53 Å². The van der Waals surface area contributed by atoms with Crippen LogP contribution in [-0.4, -0.2) is 48.7 Å². The minimum absolute atomic E-state index is 0.135. The lowest BCUT2D eigenvalue weighted by Crippen LogP contribution is -2.59. The van der Waals surface area contributed by atoms with Crippen LogP contribution in [0.3, 0.4) is 0 Å². The lowest BCUT2D eigenvalue weighted by atomic mass is 9.82. The van der Waals surface area contributed by atoms with Crippen molar-refractivity contribution in [2.24, 2.45) is 5.92 Å². The summed E-state index contributed by atoms with van der Waals surface area (Å²) < 4.78 is 5.89. The third kappa shape index (κ3) is 2.20. The molecule has 2 unspecified atom stereocenters. The molecule has 96 valence electrons. The summed E-state index contributed by atoms with van der Waals surface area (Å²) in [5.41, 5.74) is -0.135. The number of hydrogen-bond donors (Lipinski definition) is 1.